The Morgan fingerprint density at radius 2 is 2.30 bits per heavy atom. The Hall–Kier alpha value is -0.600. The lowest BCUT2D eigenvalue weighted by molar-refractivity contribution is -0.704. The number of amidine groups is 1. The van der Waals surface area contributed by atoms with Gasteiger partial charge in [0, 0.05) is 6.92 Å². The highest BCUT2D eigenvalue weighted by molar-refractivity contribution is 5.75. The molecule has 0 fully saturated rings. The molecule has 0 bridgehead atoms. The molecule has 0 aromatic rings. The molecule has 1 aliphatic heterocycles. The smallest absolute Gasteiger partial charge is 0.208 e. The highest BCUT2D eigenvalue weighted by Gasteiger charge is 2.22. The summed E-state index contributed by atoms with van der Waals surface area (Å²) in [7, 11) is 2.04. The predicted molar refractivity (Wildman–Crippen MR) is 38.6 cm³/mol. The molecule has 0 spiro atoms. The van der Waals surface area contributed by atoms with E-state index < -0.39 is 0 Å². The molecule has 1 heterocycles. The Labute approximate surface area is 67.6 Å². The van der Waals surface area contributed by atoms with Crippen molar-refractivity contribution < 1.29 is 16.9 Å². The molecule has 0 amide bonds. The van der Waals surface area contributed by atoms with Gasteiger partial charge in [-0.05, 0) is 6.58 Å². The minimum atomic E-state index is 0. The average Bonchev–Trinajstić information content (AvgIpc) is 2.15. The summed E-state index contributed by atoms with van der Waals surface area (Å²) in [5.74, 6) is 1.06. The lowest BCUT2D eigenvalue weighted by atomic mass is 10.5. The van der Waals surface area contributed by atoms with Crippen LogP contribution >= 0.6 is 0 Å². The summed E-state index contributed by atoms with van der Waals surface area (Å²) in [5.41, 5.74) is 0. The molecule has 0 saturated carbocycles. The van der Waals surface area contributed by atoms with E-state index in [2.05, 4.69) is 11.6 Å². The Kier molecular flexibility index (Phi) is 2.81. The van der Waals surface area contributed by atoms with Crippen molar-refractivity contribution >= 4 is 5.84 Å². The number of aliphatic imine (C=N–C) groups is 1. The number of quaternary nitrogens is 1. The quantitative estimate of drug-likeness (QED) is 0.412. The van der Waals surface area contributed by atoms with Crippen LogP contribution in [-0.4, -0.2) is 17.4 Å². The fourth-order valence-electron chi connectivity index (χ4n) is 0.705. The molecular weight excluding hydrogens is 148 g/mol. The van der Waals surface area contributed by atoms with Crippen molar-refractivity contribution in [1.82, 2.24) is 0 Å². The molecule has 1 unspecified atom stereocenters. The van der Waals surface area contributed by atoms with E-state index in [1.54, 1.807) is 6.20 Å². The third kappa shape index (κ3) is 1.28. The lowest BCUT2D eigenvalue weighted by Crippen LogP contribution is -3.00. The second-order valence-electron chi connectivity index (χ2n) is 2.30. The van der Waals surface area contributed by atoms with Gasteiger partial charge >= 0.3 is 0 Å². The summed E-state index contributed by atoms with van der Waals surface area (Å²) < 4.78 is 0.639. The van der Waals surface area contributed by atoms with Crippen LogP contribution in [0.1, 0.15) is 6.92 Å². The first-order valence-electron chi connectivity index (χ1n) is 2.91. The first-order valence-corrected chi connectivity index (χ1v) is 2.91. The molecule has 1 rings (SSSR count). The van der Waals surface area contributed by atoms with Crippen LogP contribution in [0.3, 0.4) is 0 Å². The summed E-state index contributed by atoms with van der Waals surface area (Å²) in [6.07, 6.45) is 5.64. The SMILES string of the molecule is C=C[N+]1(C)C=CN=C1C.[Cl-]. The van der Waals surface area contributed by atoms with Gasteiger partial charge in [0.2, 0.25) is 5.84 Å². The molecule has 0 aromatic heterocycles. The second kappa shape index (κ2) is 2.99. The van der Waals surface area contributed by atoms with Gasteiger partial charge in [-0.1, -0.05) is 0 Å². The number of halogens is 1. The summed E-state index contributed by atoms with van der Waals surface area (Å²) >= 11 is 0. The van der Waals surface area contributed by atoms with Gasteiger partial charge in [0.15, 0.2) is 0 Å². The molecule has 10 heavy (non-hydrogen) atoms. The first-order chi connectivity index (χ1) is 4.19. The van der Waals surface area contributed by atoms with Gasteiger partial charge in [0.25, 0.3) is 0 Å². The van der Waals surface area contributed by atoms with E-state index in [4.69, 9.17) is 0 Å². The van der Waals surface area contributed by atoms with Crippen molar-refractivity contribution in [3.8, 4) is 0 Å². The largest absolute Gasteiger partial charge is 1.00 e. The Balaban J connectivity index is 0.000000810. The summed E-state index contributed by atoms with van der Waals surface area (Å²) in [5, 5.41) is 0. The van der Waals surface area contributed by atoms with Crippen molar-refractivity contribution in [1.29, 1.82) is 0 Å². The maximum Gasteiger partial charge on any atom is 0.208 e. The Morgan fingerprint density at radius 3 is 2.50 bits per heavy atom. The third-order valence-corrected chi connectivity index (χ3v) is 1.71. The monoisotopic (exact) mass is 158 g/mol. The third-order valence-electron chi connectivity index (χ3n) is 1.71. The van der Waals surface area contributed by atoms with Crippen LogP contribution < -0.4 is 12.4 Å². The molecule has 0 N–H and O–H groups in total. The number of rotatable bonds is 1. The van der Waals surface area contributed by atoms with E-state index in [0.717, 1.165) is 5.84 Å². The van der Waals surface area contributed by atoms with Crippen molar-refractivity contribution in [2.24, 2.45) is 4.99 Å². The number of hydrogen-bond donors (Lipinski definition) is 0. The van der Waals surface area contributed by atoms with Gasteiger partial charge in [-0.3, -0.25) is 0 Å². The van der Waals surface area contributed by atoms with Crippen molar-refractivity contribution in [3.63, 3.8) is 0 Å². The van der Waals surface area contributed by atoms with Crippen LogP contribution in [0.25, 0.3) is 0 Å². The average molecular weight is 159 g/mol. The van der Waals surface area contributed by atoms with Crippen molar-refractivity contribution in [2.75, 3.05) is 7.05 Å². The number of nitrogens with zero attached hydrogens (tertiary/aromatic N) is 2. The normalized spacial score (nSPS) is 29.2. The summed E-state index contributed by atoms with van der Waals surface area (Å²) in [4.78, 5) is 4.10. The fourth-order valence-corrected chi connectivity index (χ4v) is 0.705. The van der Waals surface area contributed by atoms with Crippen LogP contribution in [-0.2, 0) is 0 Å². The molecule has 56 valence electrons. The predicted octanol–water partition coefficient (Wildman–Crippen LogP) is -1.52. The van der Waals surface area contributed by atoms with Gasteiger partial charge in [0.05, 0.1) is 19.4 Å². The Bertz CT molecular complexity index is 196. The maximum absolute atomic E-state index is 4.10. The van der Waals surface area contributed by atoms with Gasteiger partial charge in [0.1, 0.15) is 6.20 Å². The minimum absolute atomic E-state index is 0. The molecule has 1 aliphatic rings. The molecule has 0 aromatic carbocycles. The van der Waals surface area contributed by atoms with Gasteiger partial charge in [-0.2, -0.15) is 0 Å². The van der Waals surface area contributed by atoms with Crippen molar-refractivity contribution in [3.05, 3.63) is 25.2 Å². The maximum atomic E-state index is 4.10. The molecule has 2 nitrogen and oxygen atoms in total. The Morgan fingerprint density at radius 1 is 1.70 bits per heavy atom. The first kappa shape index (κ1) is 9.40. The summed E-state index contributed by atoms with van der Waals surface area (Å²) in [6, 6.07) is 0. The molecule has 0 radical (unpaired) electrons. The highest BCUT2D eigenvalue weighted by atomic mass is 35.5. The molecule has 0 aliphatic carbocycles. The second-order valence-corrected chi connectivity index (χ2v) is 2.30. The van der Waals surface area contributed by atoms with Gasteiger partial charge in [-0.15, -0.1) is 0 Å². The van der Waals surface area contributed by atoms with Gasteiger partial charge in [-0.25, -0.2) is 9.48 Å². The highest BCUT2D eigenvalue weighted by Crippen LogP contribution is 2.12. The van der Waals surface area contributed by atoms with E-state index in [1.807, 2.05) is 26.4 Å². The van der Waals surface area contributed by atoms with Crippen LogP contribution in [0.2, 0.25) is 0 Å². The molecule has 3 heteroatoms. The fraction of sp³-hybridized carbons (Fsp3) is 0.286. The zero-order valence-corrected chi connectivity index (χ0v) is 6.97. The van der Waals surface area contributed by atoms with E-state index in [9.17, 15) is 0 Å². The lowest BCUT2D eigenvalue weighted by Gasteiger charge is -2.19. The topological polar surface area (TPSA) is 12.4 Å². The van der Waals surface area contributed by atoms with E-state index >= 15 is 0 Å². The van der Waals surface area contributed by atoms with E-state index in [-0.39, 0.29) is 12.4 Å². The minimum Gasteiger partial charge on any atom is -1.00 e. The molecule has 0 saturated heterocycles. The van der Waals surface area contributed by atoms with E-state index in [1.165, 1.54) is 0 Å². The standard InChI is InChI=1S/C7H11N2.ClH/c1-4-9(3)6-5-8-7(9)2;/h4-6H,1H2,2-3H3;1H/q+1;/p-1. The van der Waals surface area contributed by atoms with Crippen molar-refractivity contribution in [2.45, 2.75) is 6.92 Å². The molecule has 1 atom stereocenters. The van der Waals surface area contributed by atoms with Crippen LogP contribution in [0.5, 0.6) is 0 Å². The van der Waals surface area contributed by atoms with Gasteiger partial charge < -0.3 is 12.4 Å². The molecular formula is C7H11ClN2. The van der Waals surface area contributed by atoms with Crippen LogP contribution in [0, 0.1) is 0 Å². The summed E-state index contributed by atoms with van der Waals surface area (Å²) in [6.45, 7) is 5.69. The number of hydrogen-bond acceptors (Lipinski definition) is 1. The van der Waals surface area contributed by atoms with Crippen LogP contribution in [0.15, 0.2) is 30.2 Å². The van der Waals surface area contributed by atoms with Crippen LogP contribution in [0.4, 0.5) is 0 Å². The zero-order chi connectivity index (χ0) is 6.91. The van der Waals surface area contributed by atoms with E-state index in [0.29, 0.717) is 4.48 Å². The zero-order valence-electron chi connectivity index (χ0n) is 6.21.